The number of sulfone groups is 1. The van der Waals surface area contributed by atoms with E-state index in [2.05, 4.69) is 4.98 Å². The standard InChI is InChI=1S/C19H24N2O5S/c1-11(2)13-14(18(23)26-19(3,4)5)21-15(17(20)22)16(13)27(24,25)12-9-7-6-8-10-12/h6-11,21H,1-5H3,(H2,20,22). The summed E-state index contributed by atoms with van der Waals surface area (Å²) in [6, 6.07) is 7.68. The topological polar surface area (TPSA) is 119 Å². The van der Waals surface area contributed by atoms with Crippen LogP contribution in [0.1, 0.15) is 67.1 Å². The molecule has 1 aromatic carbocycles. The first kappa shape index (κ1) is 20.7. The van der Waals surface area contributed by atoms with Crippen LogP contribution in [0.4, 0.5) is 0 Å². The molecule has 3 N–H and O–H groups in total. The van der Waals surface area contributed by atoms with Crippen LogP contribution in [0.15, 0.2) is 40.1 Å². The van der Waals surface area contributed by atoms with Gasteiger partial charge in [-0.25, -0.2) is 13.2 Å². The molecule has 0 saturated heterocycles. The van der Waals surface area contributed by atoms with Gasteiger partial charge in [-0.2, -0.15) is 0 Å². The van der Waals surface area contributed by atoms with Crippen molar-refractivity contribution in [3.8, 4) is 0 Å². The molecule has 0 aliphatic rings. The van der Waals surface area contributed by atoms with Crippen molar-refractivity contribution >= 4 is 21.7 Å². The number of hydrogen-bond acceptors (Lipinski definition) is 5. The summed E-state index contributed by atoms with van der Waals surface area (Å²) in [5.41, 5.74) is 4.39. The van der Waals surface area contributed by atoms with E-state index in [0.29, 0.717) is 0 Å². The van der Waals surface area contributed by atoms with Gasteiger partial charge in [0, 0.05) is 5.56 Å². The molecule has 1 aromatic heterocycles. The zero-order valence-electron chi connectivity index (χ0n) is 16.0. The van der Waals surface area contributed by atoms with E-state index in [-0.39, 0.29) is 32.7 Å². The van der Waals surface area contributed by atoms with E-state index in [0.717, 1.165) is 0 Å². The van der Waals surface area contributed by atoms with E-state index < -0.39 is 27.3 Å². The molecule has 0 fully saturated rings. The number of ether oxygens (including phenoxy) is 1. The Morgan fingerprint density at radius 3 is 2.07 bits per heavy atom. The third-order valence-electron chi connectivity index (χ3n) is 3.74. The zero-order chi connectivity index (χ0) is 20.6. The number of aromatic nitrogens is 1. The Morgan fingerprint density at radius 1 is 1.07 bits per heavy atom. The molecule has 1 amide bonds. The van der Waals surface area contributed by atoms with Gasteiger partial charge in [-0.15, -0.1) is 0 Å². The molecule has 2 aromatic rings. The quantitative estimate of drug-likeness (QED) is 0.758. The molecule has 0 unspecified atom stereocenters. The summed E-state index contributed by atoms with van der Waals surface area (Å²) >= 11 is 0. The molecule has 0 radical (unpaired) electrons. The highest BCUT2D eigenvalue weighted by atomic mass is 32.2. The van der Waals surface area contributed by atoms with Crippen LogP contribution in [-0.2, 0) is 14.6 Å². The van der Waals surface area contributed by atoms with E-state index in [1.54, 1.807) is 52.8 Å². The number of rotatable bonds is 5. The van der Waals surface area contributed by atoms with Gasteiger partial charge in [0.25, 0.3) is 5.91 Å². The van der Waals surface area contributed by atoms with Crippen molar-refractivity contribution in [2.45, 2.75) is 55.9 Å². The van der Waals surface area contributed by atoms with Crippen LogP contribution in [0.25, 0.3) is 0 Å². The van der Waals surface area contributed by atoms with E-state index in [4.69, 9.17) is 10.5 Å². The fourth-order valence-electron chi connectivity index (χ4n) is 2.71. The zero-order valence-corrected chi connectivity index (χ0v) is 16.8. The Balaban J connectivity index is 2.81. The van der Waals surface area contributed by atoms with Gasteiger partial charge in [0.05, 0.1) is 4.90 Å². The SMILES string of the molecule is CC(C)c1c(C(=O)OC(C)(C)C)[nH]c(C(N)=O)c1S(=O)(=O)c1ccccc1. The van der Waals surface area contributed by atoms with Crippen molar-refractivity contribution in [1.29, 1.82) is 0 Å². The second kappa shape index (κ2) is 7.19. The van der Waals surface area contributed by atoms with Crippen molar-refractivity contribution in [2.24, 2.45) is 5.73 Å². The molecule has 27 heavy (non-hydrogen) atoms. The second-order valence-electron chi connectivity index (χ2n) is 7.46. The Hall–Kier alpha value is -2.61. The summed E-state index contributed by atoms with van der Waals surface area (Å²) in [5.74, 6) is -2.10. The predicted molar refractivity (Wildman–Crippen MR) is 100 cm³/mol. The largest absolute Gasteiger partial charge is 0.455 e. The number of hydrogen-bond donors (Lipinski definition) is 2. The van der Waals surface area contributed by atoms with Crippen LogP contribution in [0.3, 0.4) is 0 Å². The maximum absolute atomic E-state index is 13.2. The van der Waals surface area contributed by atoms with Gasteiger partial charge in [-0.3, -0.25) is 4.79 Å². The fourth-order valence-corrected chi connectivity index (χ4v) is 4.51. The lowest BCUT2D eigenvalue weighted by Gasteiger charge is -2.20. The number of primary amides is 1. The minimum Gasteiger partial charge on any atom is -0.455 e. The summed E-state index contributed by atoms with van der Waals surface area (Å²) in [5, 5.41) is 0. The molecule has 146 valence electrons. The van der Waals surface area contributed by atoms with Gasteiger partial charge in [0.1, 0.15) is 21.9 Å². The highest BCUT2D eigenvalue weighted by Gasteiger charge is 2.36. The van der Waals surface area contributed by atoms with Gasteiger partial charge >= 0.3 is 5.97 Å². The second-order valence-corrected chi connectivity index (χ2v) is 9.34. The predicted octanol–water partition coefficient (Wildman–Crippen LogP) is 3.03. The molecule has 0 aliphatic carbocycles. The Labute approximate surface area is 158 Å². The maximum atomic E-state index is 13.2. The molecule has 0 saturated carbocycles. The van der Waals surface area contributed by atoms with Gasteiger partial charge in [0.15, 0.2) is 0 Å². The summed E-state index contributed by atoms with van der Waals surface area (Å²) < 4.78 is 31.8. The minimum absolute atomic E-state index is 0.00383. The Morgan fingerprint density at radius 2 is 1.63 bits per heavy atom. The lowest BCUT2D eigenvalue weighted by atomic mass is 10.0. The van der Waals surface area contributed by atoms with E-state index >= 15 is 0 Å². The highest BCUT2D eigenvalue weighted by Crippen LogP contribution is 2.35. The normalized spacial score (nSPS) is 12.2. The average molecular weight is 392 g/mol. The summed E-state index contributed by atoms with van der Waals surface area (Å²) in [7, 11) is -4.09. The van der Waals surface area contributed by atoms with Crippen molar-refractivity contribution in [2.75, 3.05) is 0 Å². The van der Waals surface area contributed by atoms with Gasteiger partial charge < -0.3 is 15.5 Å². The van der Waals surface area contributed by atoms with Crippen molar-refractivity contribution in [3.05, 3.63) is 47.3 Å². The lowest BCUT2D eigenvalue weighted by Crippen LogP contribution is -2.25. The number of benzene rings is 1. The first-order valence-corrected chi connectivity index (χ1v) is 9.93. The molecule has 0 spiro atoms. The van der Waals surface area contributed by atoms with Crippen LogP contribution in [0.2, 0.25) is 0 Å². The fraction of sp³-hybridized carbons (Fsp3) is 0.368. The first-order valence-electron chi connectivity index (χ1n) is 8.45. The third kappa shape index (κ3) is 4.21. The number of amides is 1. The van der Waals surface area contributed by atoms with Crippen LogP contribution < -0.4 is 5.73 Å². The Kier molecular flexibility index (Phi) is 5.51. The molecule has 2 rings (SSSR count). The number of nitrogens with two attached hydrogens (primary N) is 1. The molecular formula is C19H24N2O5S. The van der Waals surface area contributed by atoms with Crippen LogP contribution in [0.5, 0.6) is 0 Å². The van der Waals surface area contributed by atoms with Gasteiger partial charge in [-0.1, -0.05) is 32.0 Å². The van der Waals surface area contributed by atoms with Crippen molar-refractivity contribution in [1.82, 2.24) is 4.98 Å². The lowest BCUT2D eigenvalue weighted by molar-refractivity contribution is 0.00618. The molecule has 0 bridgehead atoms. The Bertz CT molecular complexity index is 968. The molecule has 7 nitrogen and oxygen atoms in total. The number of nitrogens with one attached hydrogen (secondary N) is 1. The molecular weight excluding hydrogens is 368 g/mol. The number of aromatic amines is 1. The molecule has 0 atom stereocenters. The van der Waals surface area contributed by atoms with E-state index in [9.17, 15) is 18.0 Å². The van der Waals surface area contributed by atoms with E-state index in [1.807, 2.05) is 0 Å². The summed E-state index contributed by atoms with van der Waals surface area (Å²) in [6.07, 6.45) is 0. The number of H-pyrrole nitrogens is 1. The van der Waals surface area contributed by atoms with E-state index in [1.165, 1.54) is 12.1 Å². The molecule has 1 heterocycles. The smallest absolute Gasteiger partial charge is 0.355 e. The van der Waals surface area contributed by atoms with Crippen molar-refractivity contribution in [3.63, 3.8) is 0 Å². The third-order valence-corrected chi connectivity index (χ3v) is 5.59. The monoisotopic (exact) mass is 392 g/mol. The highest BCUT2D eigenvalue weighted by molar-refractivity contribution is 7.91. The van der Waals surface area contributed by atoms with Crippen LogP contribution in [0, 0.1) is 0 Å². The number of esters is 1. The van der Waals surface area contributed by atoms with Crippen LogP contribution in [-0.4, -0.2) is 30.9 Å². The van der Waals surface area contributed by atoms with Gasteiger partial charge in [0.2, 0.25) is 9.84 Å². The van der Waals surface area contributed by atoms with Crippen molar-refractivity contribution < 1.29 is 22.7 Å². The first-order chi connectivity index (χ1) is 12.4. The summed E-state index contributed by atoms with van der Waals surface area (Å²) in [4.78, 5) is 26.9. The minimum atomic E-state index is -4.09. The average Bonchev–Trinajstić information content (AvgIpc) is 2.96. The molecule has 8 heteroatoms. The van der Waals surface area contributed by atoms with Crippen LogP contribution >= 0.6 is 0 Å². The molecule has 0 aliphatic heterocycles. The summed E-state index contributed by atoms with van der Waals surface area (Å²) in [6.45, 7) is 8.54. The maximum Gasteiger partial charge on any atom is 0.355 e. The van der Waals surface area contributed by atoms with Gasteiger partial charge in [-0.05, 0) is 38.8 Å². The number of carbonyl (C=O) groups excluding carboxylic acids is 2. The number of carbonyl (C=O) groups is 2.